The summed E-state index contributed by atoms with van der Waals surface area (Å²) in [5, 5.41) is 0. The highest BCUT2D eigenvalue weighted by molar-refractivity contribution is 5.75. The molecule has 1 fully saturated rings. The maximum absolute atomic E-state index is 12.3. The summed E-state index contributed by atoms with van der Waals surface area (Å²) in [6, 6.07) is 9.79. The Morgan fingerprint density at radius 3 is 2.39 bits per heavy atom. The fraction of sp³-hybridized carbons (Fsp3) is 0.556. The molecule has 1 aromatic rings. The Bertz CT molecular complexity index is 550. The van der Waals surface area contributed by atoms with Crippen LogP contribution < -0.4 is 0 Å². The summed E-state index contributed by atoms with van der Waals surface area (Å²) in [6.45, 7) is 6.50. The lowest BCUT2D eigenvalue weighted by atomic mass is 9.81. The van der Waals surface area contributed by atoms with E-state index in [2.05, 4.69) is 0 Å². The maximum Gasteiger partial charge on any atom is 0.410 e. The lowest BCUT2D eigenvalue weighted by Crippen LogP contribution is -2.46. The van der Waals surface area contributed by atoms with E-state index in [1.807, 2.05) is 51.1 Å². The normalized spacial score (nSPS) is 21.7. The van der Waals surface area contributed by atoms with Gasteiger partial charge in [0.2, 0.25) is 0 Å². The molecular formula is C18H25NO4. The van der Waals surface area contributed by atoms with E-state index in [1.54, 1.807) is 4.90 Å². The van der Waals surface area contributed by atoms with Crippen LogP contribution in [0.25, 0.3) is 0 Å². The van der Waals surface area contributed by atoms with Crippen molar-refractivity contribution in [3.63, 3.8) is 0 Å². The van der Waals surface area contributed by atoms with E-state index >= 15 is 0 Å². The van der Waals surface area contributed by atoms with E-state index in [1.165, 1.54) is 7.11 Å². The first-order valence-electron chi connectivity index (χ1n) is 7.92. The number of likely N-dealkylation sites (tertiary alicyclic amines) is 1. The molecule has 0 bridgehead atoms. The molecule has 1 aromatic carbocycles. The van der Waals surface area contributed by atoms with E-state index in [4.69, 9.17) is 9.47 Å². The van der Waals surface area contributed by atoms with Crippen LogP contribution in [0.15, 0.2) is 30.3 Å². The van der Waals surface area contributed by atoms with Crippen molar-refractivity contribution >= 4 is 12.1 Å². The molecule has 0 aromatic heterocycles. The van der Waals surface area contributed by atoms with Gasteiger partial charge in [0.15, 0.2) is 0 Å². The molecule has 0 unspecified atom stereocenters. The van der Waals surface area contributed by atoms with Crippen molar-refractivity contribution in [3.8, 4) is 0 Å². The molecule has 126 valence electrons. The van der Waals surface area contributed by atoms with Crippen molar-refractivity contribution in [3.05, 3.63) is 35.9 Å². The number of rotatable bonds is 2. The van der Waals surface area contributed by atoms with Gasteiger partial charge in [0.25, 0.3) is 0 Å². The number of carbonyl (C=O) groups excluding carboxylic acids is 2. The zero-order valence-corrected chi connectivity index (χ0v) is 14.2. The van der Waals surface area contributed by atoms with Crippen molar-refractivity contribution in [2.24, 2.45) is 5.92 Å². The molecular weight excluding hydrogens is 294 g/mol. The highest BCUT2D eigenvalue weighted by atomic mass is 16.6. The number of hydrogen-bond donors (Lipinski definition) is 0. The Morgan fingerprint density at radius 2 is 1.83 bits per heavy atom. The molecule has 5 nitrogen and oxygen atoms in total. The van der Waals surface area contributed by atoms with Gasteiger partial charge >= 0.3 is 12.1 Å². The predicted molar refractivity (Wildman–Crippen MR) is 87.1 cm³/mol. The number of ether oxygens (including phenoxy) is 2. The Morgan fingerprint density at radius 1 is 1.17 bits per heavy atom. The molecule has 0 saturated carbocycles. The summed E-state index contributed by atoms with van der Waals surface area (Å²) in [4.78, 5) is 26.1. The molecule has 1 aliphatic heterocycles. The van der Waals surface area contributed by atoms with E-state index in [9.17, 15) is 9.59 Å². The van der Waals surface area contributed by atoms with Crippen LogP contribution in [0.5, 0.6) is 0 Å². The third-order valence-electron chi connectivity index (χ3n) is 4.00. The summed E-state index contributed by atoms with van der Waals surface area (Å²) in [7, 11) is 1.41. The molecule has 1 heterocycles. The van der Waals surface area contributed by atoms with E-state index in [0.717, 1.165) is 5.56 Å². The Labute approximate surface area is 137 Å². The number of esters is 1. The second-order valence-electron chi connectivity index (χ2n) is 6.86. The lowest BCUT2D eigenvalue weighted by molar-refractivity contribution is -0.147. The molecule has 0 spiro atoms. The second-order valence-corrected chi connectivity index (χ2v) is 6.86. The van der Waals surface area contributed by atoms with E-state index in [-0.39, 0.29) is 23.9 Å². The standard InChI is InChI=1S/C18H25NO4/c1-18(2,3)23-17(21)19-11-10-14(16(20)22-4)15(12-19)13-8-6-5-7-9-13/h5-9,14-15H,10-12H2,1-4H3/t14-,15+/m1/s1. The molecule has 1 amide bonds. The smallest absolute Gasteiger partial charge is 0.410 e. The fourth-order valence-electron chi connectivity index (χ4n) is 2.92. The van der Waals surface area contributed by atoms with Crippen molar-refractivity contribution in [2.75, 3.05) is 20.2 Å². The van der Waals surface area contributed by atoms with Gasteiger partial charge in [-0.05, 0) is 32.8 Å². The average Bonchev–Trinajstić information content (AvgIpc) is 2.52. The second kappa shape index (κ2) is 7.02. The first-order valence-corrected chi connectivity index (χ1v) is 7.92. The number of hydrogen-bond acceptors (Lipinski definition) is 4. The van der Waals surface area contributed by atoms with Gasteiger partial charge in [-0.1, -0.05) is 30.3 Å². The monoisotopic (exact) mass is 319 g/mol. The predicted octanol–water partition coefficient (Wildman–Crippen LogP) is 3.20. The Balaban J connectivity index is 2.18. The van der Waals surface area contributed by atoms with Crippen LogP contribution >= 0.6 is 0 Å². The summed E-state index contributed by atoms with van der Waals surface area (Å²) in [5.41, 5.74) is 0.509. The van der Waals surface area contributed by atoms with Gasteiger partial charge in [0.1, 0.15) is 5.60 Å². The molecule has 1 aliphatic rings. The van der Waals surface area contributed by atoms with E-state index < -0.39 is 5.60 Å². The van der Waals surface area contributed by atoms with E-state index in [0.29, 0.717) is 19.5 Å². The third-order valence-corrected chi connectivity index (χ3v) is 4.00. The molecule has 5 heteroatoms. The number of methoxy groups -OCH3 is 1. The average molecular weight is 319 g/mol. The Hall–Kier alpha value is -2.04. The molecule has 2 rings (SSSR count). The number of benzene rings is 1. The van der Waals surface area contributed by atoms with Crippen LogP contribution in [-0.2, 0) is 14.3 Å². The van der Waals surface area contributed by atoms with Crippen LogP contribution in [0.3, 0.4) is 0 Å². The molecule has 0 N–H and O–H groups in total. The van der Waals surface area contributed by atoms with Gasteiger partial charge in [-0.2, -0.15) is 0 Å². The van der Waals surface area contributed by atoms with Gasteiger partial charge in [-0.25, -0.2) is 4.79 Å². The first-order chi connectivity index (χ1) is 10.8. The zero-order valence-electron chi connectivity index (χ0n) is 14.2. The molecule has 0 aliphatic carbocycles. The van der Waals surface area contributed by atoms with Gasteiger partial charge < -0.3 is 14.4 Å². The quantitative estimate of drug-likeness (QED) is 0.786. The van der Waals surface area contributed by atoms with Crippen LogP contribution in [-0.4, -0.2) is 42.8 Å². The number of carbonyl (C=O) groups is 2. The first kappa shape index (κ1) is 17.3. The summed E-state index contributed by atoms with van der Waals surface area (Å²) in [6.07, 6.45) is 0.243. The highest BCUT2D eigenvalue weighted by Crippen LogP contribution is 2.33. The number of amides is 1. The van der Waals surface area contributed by atoms with Crippen molar-refractivity contribution < 1.29 is 19.1 Å². The van der Waals surface area contributed by atoms with Gasteiger partial charge in [-0.3, -0.25) is 4.79 Å². The van der Waals surface area contributed by atoms with Crippen molar-refractivity contribution in [1.82, 2.24) is 4.90 Å². The summed E-state index contributed by atoms with van der Waals surface area (Å²) >= 11 is 0. The minimum absolute atomic E-state index is 0.0788. The lowest BCUT2D eigenvalue weighted by Gasteiger charge is -2.38. The SMILES string of the molecule is COC(=O)[C@@H]1CCN(C(=O)OC(C)(C)C)C[C@H]1c1ccccc1. The van der Waals surface area contributed by atoms with Crippen LogP contribution in [0.1, 0.15) is 38.7 Å². The number of nitrogens with zero attached hydrogens (tertiary/aromatic N) is 1. The van der Waals surface area contributed by atoms with Crippen molar-refractivity contribution in [1.29, 1.82) is 0 Å². The summed E-state index contributed by atoms with van der Waals surface area (Å²) in [5.74, 6) is -0.534. The Kier molecular flexibility index (Phi) is 5.29. The minimum Gasteiger partial charge on any atom is -0.469 e. The maximum atomic E-state index is 12.3. The molecule has 2 atom stereocenters. The third kappa shape index (κ3) is 4.47. The molecule has 0 radical (unpaired) electrons. The number of piperidine rings is 1. The fourth-order valence-corrected chi connectivity index (χ4v) is 2.92. The topological polar surface area (TPSA) is 55.8 Å². The zero-order chi connectivity index (χ0) is 17.0. The van der Waals surface area contributed by atoms with Crippen molar-refractivity contribution in [2.45, 2.75) is 38.7 Å². The summed E-state index contributed by atoms with van der Waals surface area (Å²) < 4.78 is 10.4. The largest absolute Gasteiger partial charge is 0.469 e. The van der Waals surface area contributed by atoms with Crippen LogP contribution in [0.2, 0.25) is 0 Å². The van der Waals surface area contributed by atoms with Crippen LogP contribution in [0.4, 0.5) is 4.79 Å². The molecule has 23 heavy (non-hydrogen) atoms. The highest BCUT2D eigenvalue weighted by Gasteiger charge is 2.38. The minimum atomic E-state index is -0.529. The molecule has 1 saturated heterocycles. The van der Waals surface area contributed by atoms with Gasteiger partial charge in [0, 0.05) is 19.0 Å². The van der Waals surface area contributed by atoms with Gasteiger partial charge in [0.05, 0.1) is 13.0 Å². The van der Waals surface area contributed by atoms with Crippen LogP contribution in [0, 0.1) is 5.92 Å². The van der Waals surface area contributed by atoms with Gasteiger partial charge in [-0.15, -0.1) is 0 Å².